The van der Waals surface area contributed by atoms with Gasteiger partial charge in [0, 0.05) is 0 Å². The molecular weight excluding hydrogens is 398 g/mol. The Balaban J connectivity index is 1.94. The summed E-state index contributed by atoms with van der Waals surface area (Å²) < 4.78 is 69.0. The smallest absolute Gasteiger partial charge is 0.387 e. The van der Waals surface area contributed by atoms with Crippen molar-refractivity contribution in [3.05, 3.63) is 59.3 Å². The number of nitrogens with zero attached hydrogens (tertiary/aromatic N) is 1. The van der Waals surface area contributed by atoms with Crippen molar-refractivity contribution >= 4 is 17.9 Å². The van der Waals surface area contributed by atoms with Crippen LogP contribution in [0.1, 0.15) is 11.1 Å². The summed E-state index contributed by atoms with van der Waals surface area (Å²) in [7, 11) is 1.29. The quantitative estimate of drug-likeness (QED) is 0.387. The first kappa shape index (κ1) is 20.2. The van der Waals surface area contributed by atoms with Gasteiger partial charge in [0.1, 0.15) is 5.75 Å². The molecule has 0 N–H and O–H groups in total. The highest BCUT2D eigenvalue weighted by atomic mass is 19.3. The van der Waals surface area contributed by atoms with Crippen molar-refractivity contribution in [3.63, 3.8) is 0 Å². The molecule has 0 fully saturated rings. The standard InChI is InChI=1S/C19H13F4NO5/c1-26-14-7-6-10(9-15(14)28-19(22)23)8-12-17(25)29-16(24-12)11-4-2-3-5-13(11)27-18(20)21/h2-9,18-19H,1H3. The van der Waals surface area contributed by atoms with E-state index in [9.17, 15) is 22.4 Å². The van der Waals surface area contributed by atoms with Crippen LogP contribution in [0, 0.1) is 0 Å². The molecule has 0 saturated carbocycles. The predicted octanol–water partition coefficient (Wildman–Crippen LogP) is 4.24. The molecule has 0 unspecified atom stereocenters. The van der Waals surface area contributed by atoms with Crippen LogP contribution in [0.5, 0.6) is 17.2 Å². The molecule has 1 aliphatic rings. The van der Waals surface area contributed by atoms with Gasteiger partial charge in [-0.2, -0.15) is 17.6 Å². The minimum Gasteiger partial charge on any atom is -0.493 e. The minimum absolute atomic E-state index is 0.0565. The van der Waals surface area contributed by atoms with Crippen molar-refractivity contribution in [2.45, 2.75) is 13.2 Å². The highest BCUT2D eigenvalue weighted by molar-refractivity contribution is 6.13. The first-order valence-electron chi connectivity index (χ1n) is 8.07. The number of ether oxygens (including phenoxy) is 4. The number of esters is 1. The van der Waals surface area contributed by atoms with Gasteiger partial charge in [-0.1, -0.05) is 18.2 Å². The number of alkyl halides is 4. The van der Waals surface area contributed by atoms with E-state index in [1.165, 1.54) is 55.7 Å². The third kappa shape index (κ3) is 4.84. The second-order valence-electron chi connectivity index (χ2n) is 5.50. The number of methoxy groups -OCH3 is 1. The average Bonchev–Trinajstić information content (AvgIpc) is 3.02. The van der Waals surface area contributed by atoms with Gasteiger partial charge in [-0.05, 0) is 35.9 Å². The van der Waals surface area contributed by atoms with Gasteiger partial charge in [-0.3, -0.25) is 0 Å². The molecule has 2 aromatic carbocycles. The SMILES string of the molecule is COc1ccc(C=C2N=C(c3ccccc3OC(F)F)OC2=O)cc1OC(F)F. The molecule has 2 aromatic rings. The molecule has 0 aliphatic carbocycles. The van der Waals surface area contributed by atoms with Crippen LogP contribution in [-0.2, 0) is 9.53 Å². The van der Waals surface area contributed by atoms with Crippen molar-refractivity contribution in [2.75, 3.05) is 7.11 Å². The molecule has 1 heterocycles. The number of para-hydroxylation sites is 1. The Morgan fingerprint density at radius 3 is 2.34 bits per heavy atom. The fourth-order valence-corrected chi connectivity index (χ4v) is 2.50. The maximum absolute atomic E-state index is 12.6. The second-order valence-corrected chi connectivity index (χ2v) is 5.50. The molecule has 152 valence electrons. The molecule has 10 heteroatoms. The lowest BCUT2D eigenvalue weighted by Crippen LogP contribution is -2.10. The molecule has 0 aromatic heterocycles. The molecule has 0 saturated heterocycles. The van der Waals surface area contributed by atoms with Crippen LogP contribution in [0.15, 0.2) is 53.2 Å². The summed E-state index contributed by atoms with van der Waals surface area (Å²) in [6, 6.07) is 9.76. The Kier molecular flexibility index (Phi) is 6.01. The van der Waals surface area contributed by atoms with Crippen molar-refractivity contribution in [3.8, 4) is 17.2 Å². The van der Waals surface area contributed by atoms with Crippen molar-refractivity contribution in [2.24, 2.45) is 4.99 Å². The third-order valence-electron chi connectivity index (χ3n) is 3.66. The van der Waals surface area contributed by atoms with Gasteiger partial charge in [0.05, 0.1) is 12.7 Å². The van der Waals surface area contributed by atoms with Crippen LogP contribution < -0.4 is 14.2 Å². The van der Waals surface area contributed by atoms with E-state index in [-0.39, 0.29) is 34.4 Å². The van der Waals surface area contributed by atoms with Crippen LogP contribution in [0.2, 0.25) is 0 Å². The Morgan fingerprint density at radius 2 is 1.66 bits per heavy atom. The normalized spacial score (nSPS) is 14.9. The zero-order chi connectivity index (χ0) is 21.0. The number of cyclic esters (lactones) is 1. The van der Waals surface area contributed by atoms with Crippen molar-refractivity contribution in [1.82, 2.24) is 0 Å². The molecule has 1 aliphatic heterocycles. The van der Waals surface area contributed by atoms with E-state index in [1.807, 2.05) is 0 Å². The number of halogens is 4. The number of hydrogen-bond acceptors (Lipinski definition) is 6. The lowest BCUT2D eigenvalue weighted by atomic mass is 10.1. The summed E-state index contributed by atoms with van der Waals surface area (Å²) in [5.74, 6) is -1.45. The van der Waals surface area contributed by atoms with Gasteiger partial charge < -0.3 is 18.9 Å². The first-order chi connectivity index (χ1) is 13.9. The number of aliphatic imine (C=N–C) groups is 1. The Labute approximate surface area is 162 Å². The van der Waals surface area contributed by atoms with E-state index in [0.29, 0.717) is 5.56 Å². The summed E-state index contributed by atoms with van der Waals surface area (Å²) in [4.78, 5) is 16.1. The zero-order valence-corrected chi connectivity index (χ0v) is 14.8. The van der Waals surface area contributed by atoms with Crippen LogP contribution in [0.3, 0.4) is 0 Å². The van der Waals surface area contributed by atoms with Crippen molar-refractivity contribution < 1.29 is 41.3 Å². The zero-order valence-electron chi connectivity index (χ0n) is 14.8. The van der Waals surface area contributed by atoms with Gasteiger partial charge in [0.15, 0.2) is 17.2 Å². The summed E-state index contributed by atoms with van der Waals surface area (Å²) in [6.07, 6.45) is 1.27. The molecule has 29 heavy (non-hydrogen) atoms. The van der Waals surface area contributed by atoms with E-state index < -0.39 is 19.2 Å². The van der Waals surface area contributed by atoms with E-state index >= 15 is 0 Å². The Bertz CT molecular complexity index is 975. The van der Waals surface area contributed by atoms with Crippen molar-refractivity contribution in [1.29, 1.82) is 0 Å². The third-order valence-corrected chi connectivity index (χ3v) is 3.66. The van der Waals surface area contributed by atoms with Gasteiger partial charge in [0.25, 0.3) is 0 Å². The number of carbonyl (C=O) groups is 1. The second kappa shape index (κ2) is 8.63. The lowest BCUT2D eigenvalue weighted by molar-refractivity contribution is -0.129. The van der Waals surface area contributed by atoms with Gasteiger partial charge in [-0.15, -0.1) is 0 Å². The maximum Gasteiger partial charge on any atom is 0.387 e. The number of rotatable bonds is 7. The van der Waals surface area contributed by atoms with Crippen LogP contribution in [0.25, 0.3) is 6.08 Å². The lowest BCUT2D eigenvalue weighted by Gasteiger charge is -2.10. The summed E-state index contributed by atoms with van der Waals surface area (Å²) in [5.41, 5.74) is 0.191. The molecule has 6 nitrogen and oxygen atoms in total. The van der Waals surface area contributed by atoms with Crippen LogP contribution >= 0.6 is 0 Å². The number of hydrogen-bond donors (Lipinski definition) is 0. The molecule has 0 atom stereocenters. The summed E-state index contributed by atoms with van der Waals surface area (Å²) in [6.45, 7) is -6.14. The molecular formula is C19H13F4NO5. The van der Waals surface area contributed by atoms with Gasteiger partial charge in [0.2, 0.25) is 5.90 Å². The molecule has 0 bridgehead atoms. The largest absolute Gasteiger partial charge is 0.493 e. The van der Waals surface area contributed by atoms with E-state index in [1.54, 1.807) is 0 Å². The predicted molar refractivity (Wildman–Crippen MR) is 93.3 cm³/mol. The summed E-state index contributed by atoms with van der Waals surface area (Å²) >= 11 is 0. The number of benzene rings is 2. The van der Waals surface area contributed by atoms with Gasteiger partial charge >= 0.3 is 19.2 Å². The Hall–Kier alpha value is -3.56. The maximum atomic E-state index is 12.6. The fraction of sp³-hybridized carbons (Fsp3) is 0.158. The van der Waals surface area contributed by atoms with E-state index in [0.717, 1.165) is 0 Å². The van der Waals surface area contributed by atoms with Gasteiger partial charge in [-0.25, -0.2) is 9.79 Å². The van der Waals surface area contributed by atoms with E-state index in [2.05, 4.69) is 14.5 Å². The highest BCUT2D eigenvalue weighted by Crippen LogP contribution is 2.31. The molecule has 0 spiro atoms. The van der Waals surface area contributed by atoms with E-state index in [4.69, 9.17) is 9.47 Å². The number of carbonyl (C=O) groups excluding carboxylic acids is 1. The molecule has 0 amide bonds. The topological polar surface area (TPSA) is 66.3 Å². The fourth-order valence-electron chi connectivity index (χ4n) is 2.50. The summed E-state index contributed by atoms with van der Waals surface area (Å²) in [5, 5.41) is 0. The van der Waals surface area contributed by atoms with Crippen LogP contribution in [0.4, 0.5) is 17.6 Å². The molecule has 3 rings (SSSR count). The molecule has 0 radical (unpaired) electrons. The minimum atomic E-state index is -3.07. The monoisotopic (exact) mass is 411 g/mol. The first-order valence-corrected chi connectivity index (χ1v) is 8.07. The average molecular weight is 411 g/mol. The Morgan fingerprint density at radius 1 is 0.966 bits per heavy atom. The van der Waals surface area contributed by atoms with Crippen LogP contribution in [-0.4, -0.2) is 32.2 Å². The highest BCUT2D eigenvalue weighted by Gasteiger charge is 2.27.